The van der Waals surface area contributed by atoms with Crippen LogP contribution >= 0.6 is 34.9 Å². The molecule has 4 rings (SSSR count). The van der Waals surface area contributed by atoms with Crippen molar-refractivity contribution in [2.75, 3.05) is 0 Å². The molecule has 0 bridgehead atoms. The van der Waals surface area contributed by atoms with E-state index < -0.39 is 0 Å². The summed E-state index contributed by atoms with van der Waals surface area (Å²) >= 11 is -0.106. The van der Waals surface area contributed by atoms with Crippen molar-refractivity contribution in [3.8, 4) is 0 Å². The van der Waals surface area contributed by atoms with E-state index in [0.29, 0.717) is 16.0 Å². The largest absolute Gasteiger partial charge is 0 e. The Morgan fingerprint density at radius 2 is 1.05 bits per heavy atom. The molecule has 4 aliphatic rings. The Morgan fingerprint density at radius 1 is 0.684 bits per heavy atom. The molecule has 0 aliphatic heterocycles. The first-order chi connectivity index (χ1) is 17.5. The maximum atomic E-state index is 4.81. The average Bonchev–Trinajstić information content (AvgIpc) is 3.55. The third-order valence-corrected chi connectivity index (χ3v) is 15.4. The molecule has 4 fully saturated rings. The van der Waals surface area contributed by atoms with Crippen LogP contribution in [0.3, 0.4) is 0 Å². The molecule has 0 N–H and O–H groups in total. The van der Waals surface area contributed by atoms with Crippen molar-refractivity contribution < 1.29 is 33.0 Å². The van der Waals surface area contributed by atoms with Gasteiger partial charge in [0.25, 0.3) is 0 Å². The molecule has 0 saturated heterocycles. The fourth-order valence-corrected chi connectivity index (χ4v) is 16.0. The van der Waals surface area contributed by atoms with Gasteiger partial charge in [0.1, 0.15) is 0 Å². The summed E-state index contributed by atoms with van der Waals surface area (Å²) in [5.41, 5.74) is 4.55. The van der Waals surface area contributed by atoms with Gasteiger partial charge in [-0.1, -0.05) is 103 Å². The summed E-state index contributed by atoms with van der Waals surface area (Å²) in [5.74, 6) is 1.75. The van der Waals surface area contributed by atoms with E-state index in [4.69, 9.17) is 19.1 Å². The first-order valence-corrected chi connectivity index (χ1v) is 21.2. The van der Waals surface area contributed by atoms with Gasteiger partial charge in [0, 0.05) is 22.7 Å². The molecule has 0 aromatic carbocycles. The van der Waals surface area contributed by atoms with Gasteiger partial charge in [0.2, 0.25) is 0 Å². The summed E-state index contributed by atoms with van der Waals surface area (Å²) in [6.07, 6.45) is 32.5. The number of hydrogen-bond donors (Lipinski definition) is 0. The van der Waals surface area contributed by atoms with E-state index in [1.165, 1.54) is 64.2 Å². The second-order valence-electron chi connectivity index (χ2n) is 12.8. The van der Waals surface area contributed by atoms with Gasteiger partial charge in [-0.3, -0.25) is 0 Å². The second kappa shape index (κ2) is 19.8. The predicted octanol–water partition coefficient (Wildman–Crippen LogP) is 11.7. The molecule has 6 heteroatoms. The van der Waals surface area contributed by atoms with Crippen LogP contribution in [-0.2, 0) is 33.0 Å². The van der Waals surface area contributed by atoms with E-state index >= 15 is 0 Å². The molecule has 0 nitrogen and oxygen atoms in total. The summed E-state index contributed by atoms with van der Waals surface area (Å²) in [4.78, 5) is 0. The van der Waals surface area contributed by atoms with Gasteiger partial charge >= 0.3 is 35.0 Å². The van der Waals surface area contributed by atoms with Crippen molar-refractivity contribution in [2.45, 2.75) is 140 Å². The molecular formula is C32H52Cl2FeP2Pd. The molecule has 38 heavy (non-hydrogen) atoms. The summed E-state index contributed by atoms with van der Waals surface area (Å²) < 4.78 is 0. The SMILES string of the molecule is C[C@H]([C]1[CH][CH][CH][C]1P(C1CCCCC1)C1CCCCC1)P(C(C)(C)C)C(C)(C)C.[CH]1[CH][CH][CH][CH]1.[Cl][Pd][Cl].[Fe]. The summed E-state index contributed by atoms with van der Waals surface area (Å²) in [7, 11) is 9.51. The van der Waals surface area contributed by atoms with Crippen LogP contribution in [0.2, 0.25) is 0 Å². The van der Waals surface area contributed by atoms with Crippen LogP contribution in [0.1, 0.15) is 113 Å². The zero-order valence-corrected chi connectivity index (χ0v) is 30.7. The van der Waals surface area contributed by atoms with Gasteiger partial charge in [-0.2, -0.15) is 0 Å². The molecule has 4 saturated carbocycles. The Hall–Kier alpha value is 2.62. The van der Waals surface area contributed by atoms with Crippen molar-refractivity contribution >= 4 is 34.9 Å². The molecule has 0 aromatic heterocycles. The molecule has 4 aliphatic carbocycles. The smallest absolute Gasteiger partial charge is 0 e. The Kier molecular flexibility index (Phi) is 20.1. The van der Waals surface area contributed by atoms with E-state index in [9.17, 15) is 0 Å². The quantitative estimate of drug-likeness (QED) is 0.195. The zero-order chi connectivity index (χ0) is 27.5. The van der Waals surface area contributed by atoms with Gasteiger partial charge in [-0.15, -0.1) is 0 Å². The van der Waals surface area contributed by atoms with Crippen LogP contribution in [0.25, 0.3) is 0 Å². The van der Waals surface area contributed by atoms with Crippen LogP contribution in [-0.4, -0.2) is 27.3 Å². The Labute approximate surface area is 268 Å². The van der Waals surface area contributed by atoms with Crippen LogP contribution in [0.5, 0.6) is 0 Å². The minimum absolute atomic E-state index is 0. The predicted molar refractivity (Wildman–Crippen MR) is 169 cm³/mol. The van der Waals surface area contributed by atoms with E-state index in [1.54, 1.807) is 5.92 Å². The van der Waals surface area contributed by atoms with Gasteiger partial charge < -0.3 is 0 Å². The first kappa shape index (κ1) is 38.6. The fourth-order valence-electron chi connectivity index (χ4n) is 7.05. The molecule has 0 amide bonds. The van der Waals surface area contributed by atoms with E-state index in [1.807, 2.05) is 37.8 Å². The average molecular weight is 732 g/mol. The van der Waals surface area contributed by atoms with Crippen molar-refractivity contribution in [1.82, 2.24) is 0 Å². The van der Waals surface area contributed by atoms with Crippen molar-refractivity contribution in [3.63, 3.8) is 0 Å². The normalized spacial score (nSPS) is 23.6. The summed E-state index contributed by atoms with van der Waals surface area (Å²) in [6.45, 7) is 17.5. The molecule has 0 heterocycles. The van der Waals surface area contributed by atoms with Crippen molar-refractivity contribution in [2.24, 2.45) is 0 Å². The number of halogens is 2. The van der Waals surface area contributed by atoms with E-state index in [0.717, 1.165) is 11.3 Å². The van der Waals surface area contributed by atoms with Gasteiger partial charge in [-0.25, -0.2) is 0 Å². The molecule has 0 spiro atoms. The zero-order valence-electron chi connectivity index (χ0n) is 24.7. The van der Waals surface area contributed by atoms with Crippen LogP contribution in [0, 0.1) is 62.9 Å². The Morgan fingerprint density at radius 3 is 1.39 bits per heavy atom. The summed E-state index contributed by atoms with van der Waals surface area (Å²) in [5, 5.41) is 0.778. The van der Waals surface area contributed by atoms with Crippen LogP contribution in [0.4, 0.5) is 0 Å². The van der Waals surface area contributed by atoms with Crippen molar-refractivity contribution in [3.05, 3.63) is 62.9 Å². The van der Waals surface area contributed by atoms with Gasteiger partial charge in [0.15, 0.2) is 0 Å². The van der Waals surface area contributed by atoms with Gasteiger partial charge in [0.05, 0.1) is 0 Å². The Bertz CT molecular complexity index is 554. The van der Waals surface area contributed by atoms with Crippen LogP contribution in [0.15, 0.2) is 0 Å². The third-order valence-electron chi connectivity index (χ3n) is 7.88. The standard InChI is InChI=1S/C27H47P2.C5H5.2ClH.Fe.Pd/c1-21(29(26(2,3)4)27(5,6)7)24-19-14-20-25(24)28(22-15-10-8-11-16-22)23-17-12-9-13-18-23;1-2-4-5-3-1;;;;/h14,19-23H,8-13,15-18H2,1-7H3;1-5H;2*1H;;/q;;;;;+2/p-2/t21-;;;;;/m1...../s1. The van der Waals surface area contributed by atoms with Crippen molar-refractivity contribution in [1.29, 1.82) is 0 Å². The second-order valence-corrected chi connectivity index (χ2v) is 22.1. The topological polar surface area (TPSA) is 0 Å². The number of hydrogen-bond acceptors (Lipinski definition) is 0. The maximum Gasteiger partial charge on any atom is 0 e. The van der Waals surface area contributed by atoms with E-state index in [-0.39, 0.29) is 48.9 Å². The molecule has 0 aromatic rings. The van der Waals surface area contributed by atoms with E-state index in [2.05, 4.69) is 67.7 Å². The minimum atomic E-state index is -0.120. The summed E-state index contributed by atoms with van der Waals surface area (Å²) in [6, 6.07) is 0. The molecule has 222 valence electrons. The van der Waals surface area contributed by atoms with Gasteiger partial charge in [-0.05, 0) is 110 Å². The maximum absolute atomic E-state index is 4.81. The fraction of sp³-hybridized carbons (Fsp3) is 0.688. The molecule has 0 unspecified atom stereocenters. The number of rotatable bonds is 5. The monoisotopic (exact) mass is 730 g/mol. The Balaban J connectivity index is 0.000000694. The molecule has 1 atom stereocenters. The van der Waals surface area contributed by atoms with Crippen LogP contribution < -0.4 is 0 Å². The molecular weight excluding hydrogens is 679 g/mol. The molecule has 10 radical (unpaired) electrons. The first-order valence-electron chi connectivity index (χ1n) is 14.3. The minimum Gasteiger partial charge on any atom is 0 e. The third kappa shape index (κ3) is 12.7.